The Labute approximate surface area is 95.4 Å². The van der Waals surface area contributed by atoms with Crippen LogP contribution >= 0.6 is 0 Å². The molecule has 1 aromatic heterocycles. The lowest BCUT2D eigenvalue weighted by Crippen LogP contribution is -2.11. The molecule has 3 N–H and O–H groups in total. The monoisotopic (exact) mass is 222 g/mol. The van der Waals surface area contributed by atoms with Gasteiger partial charge in [0, 0.05) is 25.8 Å². The van der Waals surface area contributed by atoms with Gasteiger partial charge in [-0.25, -0.2) is 9.97 Å². The van der Waals surface area contributed by atoms with Gasteiger partial charge in [0.15, 0.2) is 0 Å². The number of anilines is 2. The number of nitrogen functional groups attached to an aromatic ring is 1. The molecular formula is C11H18N4O. The van der Waals surface area contributed by atoms with Crippen molar-refractivity contribution < 1.29 is 4.74 Å². The predicted octanol–water partition coefficient (Wildman–Crippen LogP) is 1.21. The third kappa shape index (κ3) is 3.06. The fourth-order valence-corrected chi connectivity index (χ4v) is 1.90. The van der Waals surface area contributed by atoms with Gasteiger partial charge < -0.3 is 15.8 Å². The Morgan fingerprint density at radius 3 is 3.12 bits per heavy atom. The molecule has 16 heavy (non-hydrogen) atoms. The first-order valence-electron chi connectivity index (χ1n) is 5.67. The summed E-state index contributed by atoms with van der Waals surface area (Å²) in [4.78, 5) is 8.29. The van der Waals surface area contributed by atoms with Crippen LogP contribution in [0.2, 0.25) is 0 Å². The minimum Gasteiger partial charge on any atom is -0.384 e. The van der Waals surface area contributed by atoms with Crippen molar-refractivity contribution in [3.05, 3.63) is 11.9 Å². The summed E-state index contributed by atoms with van der Waals surface area (Å²) in [6, 6.07) is 1.76. The van der Waals surface area contributed by atoms with Crippen molar-refractivity contribution in [2.75, 3.05) is 30.8 Å². The number of ether oxygens (including phenoxy) is 1. The van der Waals surface area contributed by atoms with Crippen LogP contribution in [0.1, 0.15) is 18.7 Å². The lowest BCUT2D eigenvalue weighted by molar-refractivity contribution is 0.185. The third-order valence-corrected chi connectivity index (χ3v) is 2.74. The number of hydrogen-bond donors (Lipinski definition) is 2. The Morgan fingerprint density at radius 1 is 1.56 bits per heavy atom. The quantitative estimate of drug-likeness (QED) is 0.801. The summed E-state index contributed by atoms with van der Waals surface area (Å²) in [5, 5.41) is 3.27. The Bertz CT molecular complexity index is 330. The van der Waals surface area contributed by atoms with Crippen LogP contribution in [0.3, 0.4) is 0 Å². The molecule has 0 spiro atoms. The molecule has 0 aliphatic carbocycles. The molecule has 0 aromatic carbocycles. The van der Waals surface area contributed by atoms with Crippen LogP contribution in [0.4, 0.5) is 11.6 Å². The van der Waals surface area contributed by atoms with Crippen molar-refractivity contribution in [1.82, 2.24) is 9.97 Å². The van der Waals surface area contributed by atoms with Crippen molar-refractivity contribution in [2.45, 2.75) is 19.8 Å². The molecule has 0 saturated carbocycles. The Balaban J connectivity index is 1.80. The highest BCUT2D eigenvalue weighted by Gasteiger charge is 2.14. The van der Waals surface area contributed by atoms with Gasteiger partial charge >= 0.3 is 0 Å². The first-order chi connectivity index (χ1) is 7.74. The van der Waals surface area contributed by atoms with E-state index in [0.29, 0.717) is 17.6 Å². The number of nitrogens with two attached hydrogens (primary N) is 1. The van der Waals surface area contributed by atoms with Crippen LogP contribution in [-0.2, 0) is 4.74 Å². The maximum Gasteiger partial charge on any atom is 0.131 e. The topological polar surface area (TPSA) is 73.1 Å². The summed E-state index contributed by atoms with van der Waals surface area (Å²) in [5.74, 6) is 2.71. The molecule has 1 unspecified atom stereocenters. The van der Waals surface area contributed by atoms with Crippen LogP contribution in [0.15, 0.2) is 6.07 Å². The van der Waals surface area contributed by atoms with E-state index in [1.165, 1.54) is 6.42 Å². The minimum absolute atomic E-state index is 0.513. The van der Waals surface area contributed by atoms with E-state index in [2.05, 4.69) is 15.3 Å². The summed E-state index contributed by atoms with van der Waals surface area (Å²) >= 11 is 0. The first kappa shape index (κ1) is 11.1. The average Bonchev–Trinajstić information content (AvgIpc) is 2.69. The summed E-state index contributed by atoms with van der Waals surface area (Å²) in [6.07, 6.45) is 2.29. The lowest BCUT2D eigenvalue weighted by atomic mass is 10.1. The molecule has 0 radical (unpaired) electrons. The number of nitrogens with one attached hydrogen (secondary N) is 1. The smallest absolute Gasteiger partial charge is 0.131 e. The molecule has 88 valence electrons. The largest absolute Gasteiger partial charge is 0.384 e. The van der Waals surface area contributed by atoms with Gasteiger partial charge in [0.25, 0.3) is 0 Å². The number of hydrogen-bond acceptors (Lipinski definition) is 5. The van der Waals surface area contributed by atoms with E-state index in [1.807, 2.05) is 6.92 Å². The third-order valence-electron chi connectivity index (χ3n) is 2.74. The number of rotatable bonds is 4. The summed E-state index contributed by atoms with van der Waals surface area (Å²) in [6.45, 7) is 4.55. The predicted molar refractivity (Wildman–Crippen MR) is 63.2 cm³/mol. The molecular weight excluding hydrogens is 204 g/mol. The molecule has 1 aromatic rings. The molecule has 1 aliphatic heterocycles. The van der Waals surface area contributed by atoms with Crippen LogP contribution in [0, 0.1) is 12.8 Å². The Hall–Kier alpha value is -1.36. The van der Waals surface area contributed by atoms with Crippen molar-refractivity contribution >= 4 is 11.6 Å². The zero-order chi connectivity index (χ0) is 11.4. The molecule has 0 amide bonds. The van der Waals surface area contributed by atoms with Crippen molar-refractivity contribution in [3.8, 4) is 0 Å². The maximum atomic E-state index is 5.64. The molecule has 2 heterocycles. The normalized spacial score (nSPS) is 19.9. The van der Waals surface area contributed by atoms with E-state index in [1.54, 1.807) is 6.07 Å². The average molecular weight is 222 g/mol. The fourth-order valence-electron chi connectivity index (χ4n) is 1.90. The van der Waals surface area contributed by atoms with Gasteiger partial charge in [-0.05, 0) is 25.7 Å². The van der Waals surface area contributed by atoms with E-state index in [-0.39, 0.29) is 0 Å². The highest BCUT2D eigenvalue weighted by atomic mass is 16.5. The first-order valence-corrected chi connectivity index (χ1v) is 5.67. The summed E-state index contributed by atoms with van der Waals surface area (Å²) in [5.41, 5.74) is 5.64. The van der Waals surface area contributed by atoms with Gasteiger partial charge in [-0.2, -0.15) is 0 Å². The lowest BCUT2D eigenvalue weighted by Gasteiger charge is -2.09. The number of nitrogens with zero attached hydrogens (tertiary/aromatic N) is 2. The van der Waals surface area contributed by atoms with Crippen LogP contribution < -0.4 is 11.1 Å². The van der Waals surface area contributed by atoms with E-state index < -0.39 is 0 Å². The standard InChI is InChI=1S/C11H18N4O/c1-8-14-10(12)6-11(15-8)13-4-2-9-3-5-16-7-9/h6,9H,2-5,7H2,1H3,(H3,12,13,14,15). The van der Waals surface area contributed by atoms with E-state index in [9.17, 15) is 0 Å². The summed E-state index contributed by atoms with van der Waals surface area (Å²) < 4.78 is 5.32. The van der Waals surface area contributed by atoms with E-state index in [4.69, 9.17) is 10.5 Å². The van der Waals surface area contributed by atoms with E-state index in [0.717, 1.165) is 32.0 Å². The van der Waals surface area contributed by atoms with Crippen molar-refractivity contribution in [2.24, 2.45) is 5.92 Å². The summed E-state index contributed by atoms with van der Waals surface area (Å²) in [7, 11) is 0. The molecule has 1 saturated heterocycles. The maximum absolute atomic E-state index is 5.64. The molecule has 1 atom stereocenters. The van der Waals surface area contributed by atoms with Crippen molar-refractivity contribution in [1.29, 1.82) is 0 Å². The highest BCUT2D eigenvalue weighted by molar-refractivity contribution is 5.44. The van der Waals surface area contributed by atoms with Gasteiger partial charge in [-0.3, -0.25) is 0 Å². The molecule has 2 rings (SSSR count). The van der Waals surface area contributed by atoms with Gasteiger partial charge in [-0.15, -0.1) is 0 Å². The fraction of sp³-hybridized carbons (Fsp3) is 0.636. The molecule has 1 fully saturated rings. The zero-order valence-electron chi connectivity index (χ0n) is 9.57. The zero-order valence-corrected chi connectivity index (χ0v) is 9.57. The van der Waals surface area contributed by atoms with Gasteiger partial charge in [0.05, 0.1) is 0 Å². The molecule has 5 heteroatoms. The van der Waals surface area contributed by atoms with Gasteiger partial charge in [0.2, 0.25) is 0 Å². The van der Waals surface area contributed by atoms with Crippen molar-refractivity contribution in [3.63, 3.8) is 0 Å². The van der Waals surface area contributed by atoms with E-state index >= 15 is 0 Å². The highest BCUT2D eigenvalue weighted by Crippen LogP contribution is 2.16. The number of aromatic nitrogens is 2. The van der Waals surface area contributed by atoms with Gasteiger partial charge in [0.1, 0.15) is 17.5 Å². The molecule has 0 bridgehead atoms. The van der Waals surface area contributed by atoms with Gasteiger partial charge in [-0.1, -0.05) is 0 Å². The SMILES string of the molecule is Cc1nc(N)cc(NCCC2CCOC2)n1. The Morgan fingerprint density at radius 2 is 2.44 bits per heavy atom. The van der Waals surface area contributed by atoms with Crippen LogP contribution in [-0.4, -0.2) is 29.7 Å². The molecule has 5 nitrogen and oxygen atoms in total. The second-order valence-electron chi connectivity index (χ2n) is 4.17. The second-order valence-corrected chi connectivity index (χ2v) is 4.17. The van der Waals surface area contributed by atoms with Crippen LogP contribution in [0.25, 0.3) is 0 Å². The minimum atomic E-state index is 0.513. The number of aryl methyl sites for hydroxylation is 1. The Kier molecular flexibility index (Phi) is 3.56. The van der Waals surface area contributed by atoms with Crippen LogP contribution in [0.5, 0.6) is 0 Å². The second kappa shape index (κ2) is 5.12. The molecule has 1 aliphatic rings.